The van der Waals surface area contributed by atoms with Gasteiger partial charge in [-0.15, -0.1) is 0 Å². The van der Waals surface area contributed by atoms with Gasteiger partial charge in [0.1, 0.15) is 0 Å². The lowest BCUT2D eigenvalue weighted by Crippen LogP contribution is -2.18. The third-order valence-electron chi connectivity index (χ3n) is 6.95. The number of aromatic nitrogens is 2. The van der Waals surface area contributed by atoms with Gasteiger partial charge in [-0.3, -0.25) is 5.01 Å². The second-order valence-electron chi connectivity index (χ2n) is 9.48. The highest BCUT2D eigenvalue weighted by molar-refractivity contribution is 6.03. The molecule has 1 N–H and O–H groups in total. The van der Waals surface area contributed by atoms with Crippen molar-refractivity contribution < 1.29 is 0 Å². The summed E-state index contributed by atoms with van der Waals surface area (Å²) >= 11 is 0. The van der Waals surface area contributed by atoms with Crippen LogP contribution in [0.3, 0.4) is 0 Å². The average molecular weight is 486 g/mol. The quantitative estimate of drug-likeness (QED) is 0.249. The molecule has 0 aliphatic carbocycles. The number of aryl methyl sites for hydroxylation is 1. The Morgan fingerprint density at radius 3 is 2.27 bits per heavy atom. The third-order valence-corrected chi connectivity index (χ3v) is 6.95. The highest BCUT2D eigenvalue weighted by Gasteiger charge is 2.29. The summed E-state index contributed by atoms with van der Waals surface area (Å²) in [5.74, 6) is 0.924. The SMILES string of the molecule is CCCn1c(NCc2ccc(N3N=C(c4ccccc4)CC3c3ccccc3)cc2)nc2ccccc21. The molecule has 37 heavy (non-hydrogen) atoms. The predicted octanol–water partition coefficient (Wildman–Crippen LogP) is 7.41. The first-order valence-corrected chi connectivity index (χ1v) is 13.1. The van der Waals surface area contributed by atoms with Crippen LogP contribution >= 0.6 is 0 Å². The van der Waals surface area contributed by atoms with Gasteiger partial charge in [0.15, 0.2) is 0 Å². The first kappa shape index (κ1) is 23.0. The third kappa shape index (κ3) is 4.73. The van der Waals surface area contributed by atoms with Gasteiger partial charge in [0.25, 0.3) is 0 Å². The molecule has 1 aliphatic heterocycles. The Morgan fingerprint density at radius 2 is 1.51 bits per heavy atom. The smallest absolute Gasteiger partial charge is 0.204 e. The maximum atomic E-state index is 5.09. The van der Waals surface area contributed by atoms with Gasteiger partial charge < -0.3 is 9.88 Å². The fourth-order valence-electron chi connectivity index (χ4n) is 5.10. The van der Waals surface area contributed by atoms with Crippen molar-refractivity contribution in [3.8, 4) is 0 Å². The van der Waals surface area contributed by atoms with E-state index in [0.717, 1.165) is 42.3 Å². The average Bonchev–Trinajstić information content (AvgIpc) is 3.56. The summed E-state index contributed by atoms with van der Waals surface area (Å²) in [5, 5.41) is 10.8. The Balaban J connectivity index is 1.24. The summed E-state index contributed by atoms with van der Waals surface area (Å²) in [4.78, 5) is 4.83. The van der Waals surface area contributed by atoms with E-state index in [0.29, 0.717) is 6.54 Å². The lowest BCUT2D eigenvalue weighted by atomic mass is 9.98. The zero-order valence-corrected chi connectivity index (χ0v) is 21.1. The fourth-order valence-corrected chi connectivity index (χ4v) is 5.10. The topological polar surface area (TPSA) is 45.5 Å². The minimum atomic E-state index is 0.175. The Morgan fingerprint density at radius 1 is 0.811 bits per heavy atom. The highest BCUT2D eigenvalue weighted by atomic mass is 15.5. The van der Waals surface area contributed by atoms with Crippen molar-refractivity contribution in [2.75, 3.05) is 10.3 Å². The Labute approximate surface area is 218 Å². The minimum absolute atomic E-state index is 0.175. The van der Waals surface area contributed by atoms with Gasteiger partial charge >= 0.3 is 0 Å². The number of hydrazone groups is 1. The van der Waals surface area contributed by atoms with E-state index in [-0.39, 0.29) is 6.04 Å². The standard InChI is InChI=1S/C32H31N5/c1-2-21-36-30-16-10-9-15-28(30)34-32(36)33-23-24-17-19-27(20-18-24)37-31(26-13-7-4-8-14-26)22-29(35-37)25-11-5-3-6-12-25/h3-20,31H,2,21-23H2,1H3,(H,33,34). The summed E-state index contributed by atoms with van der Waals surface area (Å²) in [6.45, 7) is 3.86. The number of nitrogens with zero attached hydrogens (tertiary/aromatic N) is 4. The summed E-state index contributed by atoms with van der Waals surface area (Å²) < 4.78 is 2.28. The molecule has 2 heterocycles. The first-order chi connectivity index (χ1) is 18.3. The van der Waals surface area contributed by atoms with E-state index in [1.807, 2.05) is 6.07 Å². The largest absolute Gasteiger partial charge is 0.352 e. The summed E-state index contributed by atoms with van der Waals surface area (Å²) in [6.07, 6.45) is 1.94. The monoisotopic (exact) mass is 485 g/mol. The molecular weight excluding hydrogens is 454 g/mol. The van der Waals surface area contributed by atoms with Gasteiger partial charge in [-0.2, -0.15) is 5.10 Å². The molecule has 0 bridgehead atoms. The molecule has 0 fully saturated rings. The number of benzene rings is 4. The van der Waals surface area contributed by atoms with Crippen LogP contribution < -0.4 is 10.3 Å². The van der Waals surface area contributed by atoms with Crippen LogP contribution in [0.5, 0.6) is 0 Å². The van der Waals surface area contributed by atoms with E-state index in [1.165, 1.54) is 22.2 Å². The van der Waals surface area contributed by atoms with Crippen molar-refractivity contribution >= 4 is 28.4 Å². The lowest BCUT2D eigenvalue weighted by molar-refractivity contribution is 0.700. The van der Waals surface area contributed by atoms with E-state index in [4.69, 9.17) is 10.1 Å². The van der Waals surface area contributed by atoms with Crippen molar-refractivity contribution in [1.29, 1.82) is 0 Å². The van der Waals surface area contributed by atoms with Gasteiger partial charge in [0.05, 0.1) is 28.5 Å². The number of fused-ring (bicyclic) bond motifs is 1. The number of imidazole rings is 1. The number of hydrogen-bond donors (Lipinski definition) is 1. The summed E-state index contributed by atoms with van der Waals surface area (Å²) in [7, 11) is 0. The van der Waals surface area contributed by atoms with E-state index in [1.54, 1.807) is 0 Å². The zero-order valence-electron chi connectivity index (χ0n) is 21.1. The van der Waals surface area contributed by atoms with Crippen LogP contribution in [0, 0.1) is 0 Å². The van der Waals surface area contributed by atoms with Crippen molar-refractivity contribution in [2.24, 2.45) is 5.10 Å². The van der Waals surface area contributed by atoms with E-state index < -0.39 is 0 Å². The van der Waals surface area contributed by atoms with Gasteiger partial charge in [-0.05, 0) is 47.4 Å². The molecule has 1 aromatic heterocycles. The molecule has 1 unspecified atom stereocenters. The Hall–Kier alpha value is -4.38. The Bertz CT molecular complexity index is 1500. The lowest BCUT2D eigenvalue weighted by Gasteiger charge is -2.24. The van der Waals surface area contributed by atoms with Crippen LogP contribution in [0.1, 0.15) is 42.5 Å². The van der Waals surface area contributed by atoms with Crippen LogP contribution in [-0.2, 0) is 13.1 Å². The van der Waals surface area contributed by atoms with Crippen LogP contribution in [0.25, 0.3) is 11.0 Å². The molecule has 0 saturated carbocycles. The second-order valence-corrected chi connectivity index (χ2v) is 9.48. The van der Waals surface area contributed by atoms with Crippen LogP contribution in [-0.4, -0.2) is 15.3 Å². The fraction of sp³-hybridized carbons (Fsp3) is 0.188. The molecule has 5 aromatic rings. The maximum Gasteiger partial charge on any atom is 0.204 e. The number of nitrogens with one attached hydrogen (secondary N) is 1. The molecule has 5 heteroatoms. The molecule has 0 amide bonds. The van der Waals surface area contributed by atoms with Gasteiger partial charge in [0.2, 0.25) is 5.95 Å². The molecule has 5 nitrogen and oxygen atoms in total. The minimum Gasteiger partial charge on any atom is -0.352 e. The number of para-hydroxylation sites is 2. The van der Waals surface area contributed by atoms with Crippen LogP contribution in [0.15, 0.2) is 114 Å². The molecule has 0 saturated heterocycles. The number of rotatable bonds is 8. The van der Waals surface area contributed by atoms with Crippen molar-refractivity contribution in [1.82, 2.24) is 9.55 Å². The van der Waals surface area contributed by atoms with Crippen molar-refractivity contribution in [2.45, 2.75) is 38.9 Å². The van der Waals surface area contributed by atoms with E-state index in [9.17, 15) is 0 Å². The Kier molecular flexibility index (Phi) is 6.42. The van der Waals surface area contributed by atoms with Crippen LogP contribution in [0.4, 0.5) is 11.6 Å². The first-order valence-electron chi connectivity index (χ1n) is 13.1. The molecule has 0 spiro atoms. The molecule has 6 rings (SSSR count). The number of hydrogen-bond acceptors (Lipinski definition) is 4. The van der Waals surface area contributed by atoms with Crippen LogP contribution in [0.2, 0.25) is 0 Å². The van der Waals surface area contributed by atoms with Crippen molar-refractivity contribution in [3.63, 3.8) is 0 Å². The molecule has 184 valence electrons. The summed E-state index contributed by atoms with van der Waals surface area (Å²) in [5.41, 5.74) is 8.09. The highest BCUT2D eigenvalue weighted by Crippen LogP contribution is 2.36. The molecular formula is C32H31N5. The summed E-state index contributed by atoms with van der Waals surface area (Å²) in [6, 6.07) is 38.4. The van der Waals surface area contributed by atoms with Gasteiger partial charge in [-0.25, -0.2) is 4.98 Å². The van der Waals surface area contributed by atoms with Gasteiger partial charge in [-0.1, -0.05) is 91.9 Å². The molecule has 1 aliphatic rings. The molecule has 1 atom stereocenters. The van der Waals surface area contributed by atoms with Gasteiger partial charge in [0, 0.05) is 19.5 Å². The zero-order chi connectivity index (χ0) is 25.0. The normalized spacial score (nSPS) is 15.2. The second kappa shape index (κ2) is 10.3. The number of anilines is 2. The predicted molar refractivity (Wildman–Crippen MR) is 153 cm³/mol. The molecule has 0 radical (unpaired) electrons. The van der Waals surface area contributed by atoms with Crippen molar-refractivity contribution in [3.05, 3.63) is 126 Å². The van der Waals surface area contributed by atoms with E-state index >= 15 is 0 Å². The van der Waals surface area contributed by atoms with E-state index in [2.05, 4.69) is 125 Å². The maximum absolute atomic E-state index is 5.09. The molecule has 4 aromatic carbocycles.